The summed E-state index contributed by atoms with van der Waals surface area (Å²) in [6.45, 7) is 2.46. The molecular formula is C12H16N2O3. The van der Waals surface area contributed by atoms with Gasteiger partial charge in [0.1, 0.15) is 6.26 Å². The first kappa shape index (κ1) is 11.9. The van der Waals surface area contributed by atoms with Crippen LogP contribution < -0.4 is 10.9 Å². The number of carbonyl (C=O) groups is 1. The number of hydrogen-bond donors (Lipinski definition) is 1. The molecule has 1 N–H and O–H groups in total. The molecule has 1 saturated heterocycles. The van der Waals surface area contributed by atoms with Crippen LogP contribution in [0.25, 0.3) is 0 Å². The molecule has 0 radical (unpaired) electrons. The molecular weight excluding hydrogens is 220 g/mol. The fourth-order valence-corrected chi connectivity index (χ4v) is 2.13. The van der Waals surface area contributed by atoms with Gasteiger partial charge in [-0.25, -0.2) is 4.79 Å². The maximum atomic E-state index is 12.1. The summed E-state index contributed by atoms with van der Waals surface area (Å²) in [7, 11) is 1.91. The van der Waals surface area contributed by atoms with Gasteiger partial charge >= 0.3 is 5.63 Å². The Morgan fingerprint density at radius 3 is 3.06 bits per heavy atom. The van der Waals surface area contributed by atoms with E-state index in [2.05, 4.69) is 5.32 Å². The van der Waals surface area contributed by atoms with Crippen LogP contribution in [0.4, 0.5) is 0 Å². The number of nitrogens with one attached hydrogen (secondary N) is 1. The third-order valence-electron chi connectivity index (χ3n) is 3.01. The van der Waals surface area contributed by atoms with Gasteiger partial charge in [0.25, 0.3) is 5.91 Å². The predicted molar refractivity (Wildman–Crippen MR) is 62.9 cm³/mol. The second kappa shape index (κ2) is 5.14. The quantitative estimate of drug-likeness (QED) is 0.821. The molecule has 0 saturated carbocycles. The van der Waals surface area contributed by atoms with Crippen molar-refractivity contribution in [2.75, 3.05) is 26.7 Å². The second-order valence-electron chi connectivity index (χ2n) is 4.31. The van der Waals surface area contributed by atoms with Crippen molar-refractivity contribution in [1.29, 1.82) is 0 Å². The summed E-state index contributed by atoms with van der Waals surface area (Å²) < 4.78 is 4.70. The van der Waals surface area contributed by atoms with E-state index < -0.39 is 5.63 Å². The molecule has 1 aromatic heterocycles. The molecule has 1 aliphatic heterocycles. The maximum Gasteiger partial charge on any atom is 0.335 e. The van der Waals surface area contributed by atoms with Crippen molar-refractivity contribution in [3.63, 3.8) is 0 Å². The van der Waals surface area contributed by atoms with Crippen molar-refractivity contribution in [3.05, 3.63) is 34.4 Å². The van der Waals surface area contributed by atoms with E-state index in [1.54, 1.807) is 4.90 Å². The summed E-state index contributed by atoms with van der Waals surface area (Å²) in [5.74, 6) is 0.451. The minimum Gasteiger partial charge on any atom is -0.430 e. The number of nitrogens with zero attached hydrogens (tertiary/aromatic N) is 1. The summed E-state index contributed by atoms with van der Waals surface area (Å²) in [6.07, 6.45) is 2.25. The summed E-state index contributed by atoms with van der Waals surface area (Å²) >= 11 is 0. The molecule has 1 fully saturated rings. The number of rotatable bonds is 3. The highest BCUT2D eigenvalue weighted by atomic mass is 16.4. The van der Waals surface area contributed by atoms with E-state index in [1.165, 1.54) is 18.4 Å². The average Bonchev–Trinajstić information content (AvgIpc) is 2.78. The van der Waals surface area contributed by atoms with Crippen molar-refractivity contribution < 1.29 is 9.21 Å². The molecule has 0 aromatic carbocycles. The lowest BCUT2D eigenvalue weighted by Gasteiger charge is -2.16. The molecule has 2 heterocycles. The topological polar surface area (TPSA) is 62.6 Å². The van der Waals surface area contributed by atoms with Crippen LogP contribution in [0.15, 0.2) is 27.6 Å². The maximum absolute atomic E-state index is 12.1. The van der Waals surface area contributed by atoms with Crippen LogP contribution in [0.1, 0.15) is 16.8 Å². The molecule has 1 atom stereocenters. The van der Waals surface area contributed by atoms with Gasteiger partial charge in [-0.3, -0.25) is 4.79 Å². The Morgan fingerprint density at radius 2 is 2.41 bits per heavy atom. The van der Waals surface area contributed by atoms with E-state index in [4.69, 9.17) is 4.42 Å². The standard InChI is InChI=1S/C12H16N2O3/c1-13-6-9-4-5-14(7-9)12(16)10-2-3-11(15)17-8-10/h2-3,8-9,13H,4-7H2,1H3. The molecule has 0 bridgehead atoms. The van der Waals surface area contributed by atoms with Gasteiger partial charge in [0.05, 0.1) is 5.56 Å². The largest absolute Gasteiger partial charge is 0.430 e. The number of likely N-dealkylation sites (tertiary alicyclic amines) is 1. The fraction of sp³-hybridized carbons (Fsp3) is 0.500. The van der Waals surface area contributed by atoms with E-state index >= 15 is 0 Å². The van der Waals surface area contributed by atoms with Crippen molar-refractivity contribution in [1.82, 2.24) is 10.2 Å². The Labute approximate surface area is 99.4 Å². The van der Waals surface area contributed by atoms with E-state index in [1.807, 2.05) is 7.05 Å². The van der Waals surface area contributed by atoms with Gasteiger partial charge in [-0.05, 0) is 32.0 Å². The van der Waals surface area contributed by atoms with Crippen LogP contribution in [0.2, 0.25) is 0 Å². The number of carbonyl (C=O) groups excluding carboxylic acids is 1. The minimum absolute atomic E-state index is 0.0626. The van der Waals surface area contributed by atoms with Crippen LogP contribution in [-0.2, 0) is 0 Å². The molecule has 1 aromatic rings. The monoisotopic (exact) mass is 236 g/mol. The normalized spacial score (nSPS) is 19.6. The van der Waals surface area contributed by atoms with Crippen LogP contribution in [0.3, 0.4) is 0 Å². The van der Waals surface area contributed by atoms with Crippen LogP contribution in [0, 0.1) is 5.92 Å². The zero-order chi connectivity index (χ0) is 12.3. The van der Waals surface area contributed by atoms with Crippen LogP contribution in [-0.4, -0.2) is 37.5 Å². The van der Waals surface area contributed by atoms with Gasteiger partial charge in [-0.2, -0.15) is 0 Å². The lowest BCUT2D eigenvalue weighted by atomic mass is 10.1. The van der Waals surface area contributed by atoms with E-state index in [9.17, 15) is 9.59 Å². The number of hydrogen-bond acceptors (Lipinski definition) is 4. The first-order valence-corrected chi connectivity index (χ1v) is 5.73. The molecule has 5 nitrogen and oxygen atoms in total. The molecule has 1 aliphatic rings. The molecule has 1 amide bonds. The first-order valence-electron chi connectivity index (χ1n) is 5.73. The van der Waals surface area contributed by atoms with Gasteiger partial charge in [0, 0.05) is 19.2 Å². The lowest BCUT2D eigenvalue weighted by molar-refractivity contribution is 0.0784. The molecule has 92 valence electrons. The molecule has 0 aliphatic carbocycles. The van der Waals surface area contributed by atoms with E-state index in [0.717, 1.165) is 26.1 Å². The summed E-state index contributed by atoms with van der Waals surface area (Å²) in [4.78, 5) is 24.7. The highest BCUT2D eigenvalue weighted by Crippen LogP contribution is 2.17. The van der Waals surface area contributed by atoms with Gasteiger partial charge in [-0.15, -0.1) is 0 Å². The van der Waals surface area contributed by atoms with E-state index in [0.29, 0.717) is 11.5 Å². The Hall–Kier alpha value is -1.62. The molecule has 5 heteroatoms. The smallest absolute Gasteiger partial charge is 0.335 e. The highest BCUT2D eigenvalue weighted by Gasteiger charge is 2.26. The van der Waals surface area contributed by atoms with Crippen molar-refractivity contribution >= 4 is 5.91 Å². The molecule has 2 rings (SSSR count). The Morgan fingerprint density at radius 1 is 1.59 bits per heavy atom. The molecule has 1 unspecified atom stereocenters. The Kier molecular flexibility index (Phi) is 3.58. The summed E-state index contributed by atoms with van der Waals surface area (Å²) in [6, 6.07) is 2.79. The molecule has 0 spiro atoms. The zero-order valence-corrected chi connectivity index (χ0v) is 9.81. The van der Waals surface area contributed by atoms with Crippen LogP contribution >= 0.6 is 0 Å². The predicted octanol–water partition coefficient (Wildman–Crippen LogP) is 0.321. The van der Waals surface area contributed by atoms with Crippen molar-refractivity contribution in [2.24, 2.45) is 5.92 Å². The van der Waals surface area contributed by atoms with Crippen molar-refractivity contribution in [3.8, 4) is 0 Å². The molecule has 17 heavy (non-hydrogen) atoms. The van der Waals surface area contributed by atoms with Gasteiger partial charge < -0.3 is 14.6 Å². The van der Waals surface area contributed by atoms with Gasteiger partial charge in [-0.1, -0.05) is 0 Å². The zero-order valence-electron chi connectivity index (χ0n) is 9.81. The number of amides is 1. The first-order chi connectivity index (χ1) is 8.20. The third-order valence-corrected chi connectivity index (χ3v) is 3.01. The van der Waals surface area contributed by atoms with Gasteiger partial charge in [0.2, 0.25) is 0 Å². The van der Waals surface area contributed by atoms with Gasteiger partial charge in [0.15, 0.2) is 0 Å². The minimum atomic E-state index is -0.434. The third kappa shape index (κ3) is 2.74. The lowest BCUT2D eigenvalue weighted by Crippen LogP contribution is -2.30. The van der Waals surface area contributed by atoms with E-state index in [-0.39, 0.29) is 5.91 Å². The summed E-state index contributed by atoms with van der Waals surface area (Å²) in [5, 5.41) is 3.12. The fourth-order valence-electron chi connectivity index (χ4n) is 2.13. The van der Waals surface area contributed by atoms with Crippen LogP contribution in [0.5, 0.6) is 0 Å². The Balaban J connectivity index is 2.02. The highest BCUT2D eigenvalue weighted by molar-refractivity contribution is 5.93. The summed E-state index contributed by atoms with van der Waals surface area (Å²) in [5.41, 5.74) is 0.00531. The second-order valence-corrected chi connectivity index (χ2v) is 4.31. The average molecular weight is 236 g/mol. The van der Waals surface area contributed by atoms with Crippen molar-refractivity contribution in [2.45, 2.75) is 6.42 Å². The Bertz CT molecular complexity index is 435. The SMILES string of the molecule is CNCC1CCN(C(=O)c2ccc(=O)oc2)C1.